The molecule has 0 saturated heterocycles. The van der Waals surface area contributed by atoms with E-state index in [1.54, 1.807) is 6.20 Å². The molecule has 0 bridgehead atoms. The summed E-state index contributed by atoms with van der Waals surface area (Å²) >= 11 is 1.53. The average Bonchev–Trinajstić information content (AvgIpc) is 2.34. The molecule has 1 heterocycles. The normalized spacial score (nSPS) is 9.56. The van der Waals surface area contributed by atoms with Crippen LogP contribution in [-0.4, -0.2) is 28.5 Å². The molecule has 5 heteroatoms. The van der Waals surface area contributed by atoms with Crippen molar-refractivity contribution in [3.8, 4) is 0 Å². The minimum atomic E-state index is 0.858. The SMILES string of the molecule is COn1ncc(SC)n1. The highest BCUT2D eigenvalue weighted by atomic mass is 32.2. The van der Waals surface area contributed by atoms with Crippen molar-refractivity contribution in [1.82, 2.24) is 15.2 Å². The van der Waals surface area contributed by atoms with Gasteiger partial charge in [0.25, 0.3) is 0 Å². The molecular formula is C4H7N3OS. The molecule has 0 amide bonds. The number of thioether (sulfide) groups is 1. The smallest absolute Gasteiger partial charge is 0.142 e. The van der Waals surface area contributed by atoms with Crippen LogP contribution in [-0.2, 0) is 0 Å². The second-order valence-electron chi connectivity index (χ2n) is 1.32. The van der Waals surface area contributed by atoms with Crippen molar-refractivity contribution in [3.63, 3.8) is 0 Å². The maximum Gasteiger partial charge on any atom is 0.142 e. The lowest BCUT2D eigenvalue weighted by Gasteiger charge is -1.90. The Kier molecular flexibility index (Phi) is 1.94. The Hall–Kier alpha value is -0.710. The third kappa shape index (κ3) is 1.35. The Morgan fingerprint density at radius 2 is 2.56 bits per heavy atom. The molecule has 1 aromatic rings. The first-order chi connectivity index (χ1) is 4.36. The average molecular weight is 145 g/mol. The monoisotopic (exact) mass is 145 g/mol. The van der Waals surface area contributed by atoms with Crippen LogP contribution in [0.4, 0.5) is 0 Å². The van der Waals surface area contributed by atoms with E-state index in [0.29, 0.717) is 0 Å². The second-order valence-corrected chi connectivity index (χ2v) is 2.15. The lowest BCUT2D eigenvalue weighted by molar-refractivity contribution is 0.0973. The molecule has 0 N–H and O–H groups in total. The number of aromatic nitrogens is 3. The Balaban J connectivity index is 2.74. The number of hydrogen-bond acceptors (Lipinski definition) is 4. The first-order valence-electron chi connectivity index (χ1n) is 2.37. The fourth-order valence-corrected chi connectivity index (χ4v) is 0.720. The van der Waals surface area contributed by atoms with Crippen LogP contribution in [0.2, 0.25) is 0 Å². The van der Waals surface area contributed by atoms with E-state index in [4.69, 9.17) is 0 Å². The second kappa shape index (κ2) is 2.72. The third-order valence-corrected chi connectivity index (χ3v) is 1.43. The van der Waals surface area contributed by atoms with E-state index in [0.717, 1.165) is 5.03 Å². The Morgan fingerprint density at radius 3 is 2.89 bits per heavy atom. The largest absolute Gasteiger partial charge is 0.385 e. The van der Waals surface area contributed by atoms with Crippen molar-refractivity contribution in [3.05, 3.63) is 6.20 Å². The predicted octanol–water partition coefficient (Wildman–Crippen LogP) is 0.0584. The van der Waals surface area contributed by atoms with Crippen LogP contribution in [0, 0.1) is 0 Å². The van der Waals surface area contributed by atoms with E-state index in [9.17, 15) is 0 Å². The summed E-state index contributed by atoms with van der Waals surface area (Å²) in [5.41, 5.74) is 0. The van der Waals surface area contributed by atoms with E-state index in [2.05, 4.69) is 15.0 Å². The van der Waals surface area contributed by atoms with Crippen molar-refractivity contribution in [2.45, 2.75) is 5.03 Å². The molecule has 0 aliphatic heterocycles. The topological polar surface area (TPSA) is 39.9 Å². The molecule has 0 spiro atoms. The molecule has 9 heavy (non-hydrogen) atoms. The summed E-state index contributed by atoms with van der Waals surface area (Å²) in [6.45, 7) is 0. The highest BCUT2D eigenvalue weighted by Crippen LogP contribution is 2.06. The van der Waals surface area contributed by atoms with Crippen molar-refractivity contribution >= 4 is 11.8 Å². The highest BCUT2D eigenvalue weighted by molar-refractivity contribution is 7.98. The summed E-state index contributed by atoms with van der Waals surface area (Å²) in [5, 5.41) is 8.52. The van der Waals surface area contributed by atoms with Gasteiger partial charge in [-0.1, -0.05) is 0 Å². The van der Waals surface area contributed by atoms with E-state index in [1.807, 2.05) is 6.26 Å². The van der Waals surface area contributed by atoms with Crippen molar-refractivity contribution < 1.29 is 4.84 Å². The minimum absolute atomic E-state index is 0.858. The molecule has 50 valence electrons. The van der Waals surface area contributed by atoms with Gasteiger partial charge in [-0.15, -0.1) is 22.0 Å². The van der Waals surface area contributed by atoms with E-state index >= 15 is 0 Å². The van der Waals surface area contributed by atoms with Crippen LogP contribution in [0.15, 0.2) is 11.2 Å². The van der Waals surface area contributed by atoms with Gasteiger partial charge < -0.3 is 4.84 Å². The highest BCUT2D eigenvalue weighted by Gasteiger charge is 1.94. The Morgan fingerprint density at radius 1 is 1.78 bits per heavy atom. The summed E-state index contributed by atoms with van der Waals surface area (Å²) in [4.78, 5) is 5.85. The van der Waals surface area contributed by atoms with Crippen LogP contribution >= 0.6 is 11.8 Å². The first kappa shape index (κ1) is 6.41. The Bertz CT molecular complexity index is 169. The zero-order chi connectivity index (χ0) is 6.69. The maximum absolute atomic E-state index is 4.68. The predicted molar refractivity (Wildman–Crippen MR) is 34.3 cm³/mol. The van der Waals surface area contributed by atoms with Gasteiger partial charge in [0.05, 0.1) is 6.20 Å². The summed E-state index contributed by atoms with van der Waals surface area (Å²) in [6, 6.07) is 0. The van der Waals surface area contributed by atoms with Crippen LogP contribution < -0.4 is 4.84 Å². The Labute approximate surface area is 57.1 Å². The van der Waals surface area contributed by atoms with Gasteiger partial charge >= 0.3 is 0 Å². The maximum atomic E-state index is 4.68. The lowest BCUT2D eigenvalue weighted by Crippen LogP contribution is -2.08. The van der Waals surface area contributed by atoms with Gasteiger partial charge in [0.2, 0.25) is 0 Å². The fraction of sp³-hybridized carbons (Fsp3) is 0.500. The van der Waals surface area contributed by atoms with E-state index in [-0.39, 0.29) is 0 Å². The molecular weight excluding hydrogens is 138 g/mol. The fourth-order valence-electron chi connectivity index (χ4n) is 0.416. The molecule has 0 saturated carbocycles. The molecule has 1 rings (SSSR count). The molecule has 1 aromatic heterocycles. The lowest BCUT2D eigenvalue weighted by atomic mass is 11.0. The molecule has 0 aromatic carbocycles. The van der Waals surface area contributed by atoms with Crippen molar-refractivity contribution in [1.29, 1.82) is 0 Å². The van der Waals surface area contributed by atoms with Gasteiger partial charge in [-0.3, -0.25) is 0 Å². The quantitative estimate of drug-likeness (QED) is 0.552. The van der Waals surface area contributed by atoms with Gasteiger partial charge in [-0.05, 0) is 11.2 Å². The number of rotatable bonds is 2. The number of hydrogen-bond donors (Lipinski definition) is 0. The van der Waals surface area contributed by atoms with E-state index < -0.39 is 0 Å². The van der Waals surface area contributed by atoms with Gasteiger partial charge in [0.15, 0.2) is 0 Å². The zero-order valence-electron chi connectivity index (χ0n) is 5.24. The van der Waals surface area contributed by atoms with E-state index in [1.165, 1.54) is 23.8 Å². The molecule has 0 atom stereocenters. The first-order valence-corrected chi connectivity index (χ1v) is 3.60. The zero-order valence-corrected chi connectivity index (χ0v) is 6.05. The van der Waals surface area contributed by atoms with Gasteiger partial charge in [0, 0.05) is 0 Å². The number of nitrogens with zero attached hydrogens (tertiary/aromatic N) is 3. The minimum Gasteiger partial charge on any atom is -0.385 e. The summed E-state index contributed by atoms with van der Waals surface area (Å²) in [5.74, 6) is 0. The van der Waals surface area contributed by atoms with Crippen LogP contribution in [0.3, 0.4) is 0 Å². The molecule has 0 fully saturated rings. The van der Waals surface area contributed by atoms with Gasteiger partial charge in [-0.25, -0.2) is 0 Å². The van der Waals surface area contributed by atoms with Crippen LogP contribution in [0.25, 0.3) is 0 Å². The van der Waals surface area contributed by atoms with Crippen LogP contribution in [0.5, 0.6) is 0 Å². The van der Waals surface area contributed by atoms with Gasteiger partial charge in [-0.2, -0.15) is 0 Å². The van der Waals surface area contributed by atoms with Crippen LogP contribution in [0.1, 0.15) is 0 Å². The molecule has 0 unspecified atom stereocenters. The van der Waals surface area contributed by atoms with Gasteiger partial charge in [0.1, 0.15) is 12.1 Å². The third-order valence-electron chi connectivity index (χ3n) is 0.823. The molecule has 0 aliphatic carbocycles. The van der Waals surface area contributed by atoms with Crippen molar-refractivity contribution in [2.24, 2.45) is 0 Å². The molecule has 4 nitrogen and oxygen atoms in total. The van der Waals surface area contributed by atoms with Crippen molar-refractivity contribution in [2.75, 3.05) is 13.4 Å². The molecule has 0 radical (unpaired) electrons. The summed E-state index contributed by atoms with van der Waals surface area (Å²) in [6.07, 6.45) is 3.58. The summed E-state index contributed by atoms with van der Waals surface area (Å²) < 4.78 is 0. The molecule has 0 aliphatic rings. The standard InChI is InChI=1S/C4H7N3OS/c1-8-7-5-3-4(6-7)9-2/h3H,1-2H3. The summed E-state index contributed by atoms with van der Waals surface area (Å²) in [7, 11) is 1.52.